The van der Waals surface area contributed by atoms with Crippen molar-refractivity contribution < 1.29 is 19.4 Å². The highest BCUT2D eigenvalue weighted by Gasteiger charge is 2.07. The van der Waals surface area contributed by atoms with Crippen LogP contribution < -0.4 is 0 Å². The molecule has 0 saturated heterocycles. The molecule has 0 aliphatic carbocycles. The number of hydrogen-bond acceptors (Lipinski definition) is 3. The fourth-order valence-electron chi connectivity index (χ4n) is 1.51. The molecule has 0 heterocycles. The zero-order valence-electron chi connectivity index (χ0n) is 10.4. The molecule has 1 atom stereocenters. The number of carboxylic acid groups (broad SMARTS) is 1. The van der Waals surface area contributed by atoms with Crippen LogP contribution in [0.15, 0.2) is 18.2 Å². The van der Waals surface area contributed by atoms with Crippen molar-refractivity contribution in [1.29, 1.82) is 0 Å². The molecule has 0 amide bonds. The summed E-state index contributed by atoms with van der Waals surface area (Å²) < 4.78 is 10.5. The van der Waals surface area contributed by atoms with Crippen LogP contribution in [-0.4, -0.2) is 30.9 Å². The van der Waals surface area contributed by atoms with Crippen molar-refractivity contribution in [2.45, 2.75) is 26.6 Å². The number of carboxylic acids is 1. The SMILES string of the molecule is COCC(C)OCc1ccc(C(=O)O)cc1C. The topological polar surface area (TPSA) is 55.8 Å². The van der Waals surface area contributed by atoms with Gasteiger partial charge in [-0.25, -0.2) is 4.79 Å². The minimum atomic E-state index is -0.909. The van der Waals surface area contributed by atoms with Gasteiger partial charge in [0, 0.05) is 7.11 Å². The summed E-state index contributed by atoms with van der Waals surface area (Å²) in [5.74, 6) is -0.909. The second-order valence-electron chi connectivity index (χ2n) is 4.02. The molecule has 1 unspecified atom stereocenters. The number of aryl methyl sites for hydroxylation is 1. The van der Waals surface area contributed by atoms with E-state index in [9.17, 15) is 4.79 Å². The molecule has 0 spiro atoms. The van der Waals surface area contributed by atoms with E-state index < -0.39 is 5.97 Å². The van der Waals surface area contributed by atoms with Crippen LogP contribution in [0.4, 0.5) is 0 Å². The first-order valence-corrected chi connectivity index (χ1v) is 5.48. The quantitative estimate of drug-likeness (QED) is 0.825. The molecule has 0 saturated carbocycles. The van der Waals surface area contributed by atoms with Crippen molar-refractivity contribution >= 4 is 5.97 Å². The third-order valence-corrected chi connectivity index (χ3v) is 2.51. The molecule has 0 aliphatic rings. The molecule has 4 nitrogen and oxygen atoms in total. The summed E-state index contributed by atoms with van der Waals surface area (Å²) in [7, 11) is 1.63. The summed E-state index contributed by atoms with van der Waals surface area (Å²) in [5.41, 5.74) is 2.23. The van der Waals surface area contributed by atoms with Crippen LogP contribution in [0, 0.1) is 6.92 Å². The predicted molar refractivity (Wildman–Crippen MR) is 64.3 cm³/mol. The standard InChI is InChI=1S/C13H18O4/c1-9-6-11(13(14)15)4-5-12(9)8-17-10(2)7-16-3/h4-6,10H,7-8H2,1-3H3,(H,14,15). The van der Waals surface area contributed by atoms with Gasteiger partial charge in [-0.3, -0.25) is 0 Å². The second kappa shape index (κ2) is 6.37. The number of carbonyl (C=O) groups is 1. The molecule has 4 heteroatoms. The highest BCUT2D eigenvalue weighted by molar-refractivity contribution is 5.87. The molecule has 0 radical (unpaired) electrons. The average Bonchev–Trinajstić information content (AvgIpc) is 2.27. The van der Waals surface area contributed by atoms with E-state index in [4.69, 9.17) is 14.6 Å². The van der Waals surface area contributed by atoms with Gasteiger partial charge in [0.05, 0.1) is 24.9 Å². The van der Waals surface area contributed by atoms with E-state index in [1.165, 1.54) is 0 Å². The lowest BCUT2D eigenvalue weighted by Crippen LogP contribution is -2.14. The second-order valence-corrected chi connectivity index (χ2v) is 4.02. The zero-order chi connectivity index (χ0) is 12.8. The fourth-order valence-corrected chi connectivity index (χ4v) is 1.51. The van der Waals surface area contributed by atoms with E-state index in [0.29, 0.717) is 18.8 Å². The summed E-state index contributed by atoms with van der Waals surface area (Å²) in [6.07, 6.45) is 0.0264. The van der Waals surface area contributed by atoms with E-state index in [2.05, 4.69) is 0 Å². The van der Waals surface area contributed by atoms with Gasteiger partial charge in [0.1, 0.15) is 0 Å². The third-order valence-electron chi connectivity index (χ3n) is 2.51. The number of benzene rings is 1. The lowest BCUT2D eigenvalue weighted by atomic mass is 10.1. The van der Waals surface area contributed by atoms with E-state index in [1.54, 1.807) is 25.3 Å². The molecule has 1 aromatic carbocycles. The summed E-state index contributed by atoms with van der Waals surface area (Å²) in [4.78, 5) is 10.8. The summed E-state index contributed by atoms with van der Waals surface area (Å²) in [6, 6.07) is 5.04. The Kier molecular flexibility index (Phi) is 5.12. The van der Waals surface area contributed by atoms with Gasteiger partial charge in [-0.1, -0.05) is 6.07 Å². The van der Waals surface area contributed by atoms with E-state index in [0.717, 1.165) is 11.1 Å². The number of aromatic carboxylic acids is 1. The van der Waals surface area contributed by atoms with Gasteiger partial charge in [0.2, 0.25) is 0 Å². The lowest BCUT2D eigenvalue weighted by molar-refractivity contribution is -0.000308. The summed E-state index contributed by atoms with van der Waals surface area (Å²) in [5, 5.41) is 8.84. The third kappa shape index (κ3) is 4.17. The van der Waals surface area contributed by atoms with E-state index in [1.807, 2.05) is 13.8 Å². The van der Waals surface area contributed by atoms with E-state index >= 15 is 0 Å². The smallest absolute Gasteiger partial charge is 0.335 e. The number of hydrogen-bond donors (Lipinski definition) is 1. The minimum Gasteiger partial charge on any atom is -0.478 e. The largest absolute Gasteiger partial charge is 0.478 e. The molecular weight excluding hydrogens is 220 g/mol. The number of methoxy groups -OCH3 is 1. The molecular formula is C13H18O4. The highest BCUT2D eigenvalue weighted by Crippen LogP contribution is 2.13. The first kappa shape index (κ1) is 13.7. The van der Waals surface area contributed by atoms with E-state index in [-0.39, 0.29) is 6.10 Å². The molecule has 0 bridgehead atoms. The average molecular weight is 238 g/mol. The van der Waals surface area contributed by atoms with Crippen LogP contribution in [-0.2, 0) is 16.1 Å². The minimum absolute atomic E-state index is 0.0264. The van der Waals surface area contributed by atoms with Gasteiger partial charge in [-0.2, -0.15) is 0 Å². The Bertz CT molecular complexity index is 387. The lowest BCUT2D eigenvalue weighted by Gasteiger charge is -2.13. The van der Waals surface area contributed by atoms with Gasteiger partial charge in [-0.15, -0.1) is 0 Å². The molecule has 1 N–H and O–H groups in total. The van der Waals surface area contributed by atoms with Crippen molar-refractivity contribution in [1.82, 2.24) is 0 Å². The van der Waals surface area contributed by atoms with Crippen molar-refractivity contribution in [3.8, 4) is 0 Å². The first-order chi connectivity index (χ1) is 8.04. The predicted octanol–water partition coefficient (Wildman–Crippen LogP) is 2.24. The van der Waals surface area contributed by atoms with Crippen molar-refractivity contribution in [2.75, 3.05) is 13.7 Å². The molecule has 0 fully saturated rings. The van der Waals surface area contributed by atoms with Gasteiger partial charge in [-0.05, 0) is 37.1 Å². The Balaban J connectivity index is 2.63. The van der Waals surface area contributed by atoms with Crippen molar-refractivity contribution in [3.05, 3.63) is 34.9 Å². The Hall–Kier alpha value is -1.39. The maximum atomic E-state index is 10.8. The Morgan fingerprint density at radius 1 is 1.47 bits per heavy atom. The van der Waals surface area contributed by atoms with Crippen LogP contribution >= 0.6 is 0 Å². The Morgan fingerprint density at radius 2 is 2.18 bits per heavy atom. The molecule has 17 heavy (non-hydrogen) atoms. The maximum absolute atomic E-state index is 10.8. The van der Waals surface area contributed by atoms with Crippen LogP contribution in [0.1, 0.15) is 28.4 Å². The monoisotopic (exact) mass is 238 g/mol. The normalized spacial score (nSPS) is 12.4. The Morgan fingerprint density at radius 3 is 2.71 bits per heavy atom. The van der Waals surface area contributed by atoms with Crippen LogP contribution in [0.5, 0.6) is 0 Å². The molecule has 0 aromatic heterocycles. The zero-order valence-corrected chi connectivity index (χ0v) is 10.4. The van der Waals surface area contributed by atoms with Gasteiger partial charge in [0.25, 0.3) is 0 Å². The van der Waals surface area contributed by atoms with Crippen LogP contribution in [0.3, 0.4) is 0 Å². The Labute approximate surface area is 101 Å². The van der Waals surface area contributed by atoms with Gasteiger partial charge < -0.3 is 14.6 Å². The van der Waals surface area contributed by atoms with Crippen molar-refractivity contribution in [3.63, 3.8) is 0 Å². The molecule has 1 aromatic rings. The highest BCUT2D eigenvalue weighted by atomic mass is 16.5. The summed E-state index contributed by atoms with van der Waals surface area (Å²) in [6.45, 7) is 4.83. The summed E-state index contributed by atoms with van der Waals surface area (Å²) >= 11 is 0. The fraction of sp³-hybridized carbons (Fsp3) is 0.462. The molecule has 1 rings (SSSR count). The molecule has 94 valence electrons. The number of rotatable bonds is 6. The van der Waals surface area contributed by atoms with Crippen molar-refractivity contribution in [2.24, 2.45) is 0 Å². The maximum Gasteiger partial charge on any atom is 0.335 e. The molecule has 0 aliphatic heterocycles. The van der Waals surface area contributed by atoms with Gasteiger partial charge >= 0.3 is 5.97 Å². The van der Waals surface area contributed by atoms with Crippen LogP contribution in [0.25, 0.3) is 0 Å². The van der Waals surface area contributed by atoms with Crippen LogP contribution in [0.2, 0.25) is 0 Å². The van der Waals surface area contributed by atoms with Gasteiger partial charge in [0.15, 0.2) is 0 Å². The first-order valence-electron chi connectivity index (χ1n) is 5.48. The number of ether oxygens (including phenoxy) is 2.